The molecule has 1 N–H and O–H groups in total. The van der Waals surface area contributed by atoms with Gasteiger partial charge < -0.3 is 4.98 Å². The highest BCUT2D eigenvalue weighted by Crippen LogP contribution is 2.16. The summed E-state index contributed by atoms with van der Waals surface area (Å²) in [6.07, 6.45) is 3.41. The van der Waals surface area contributed by atoms with Gasteiger partial charge in [-0.1, -0.05) is 18.2 Å². The van der Waals surface area contributed by atoms with Crippen molar-refractivity contribution in [1.82, 2.24) is 9.55 Å². The number of nitrogens with zero attached hydrogens (tertiary/aromatic N) is 1. The molecule has 0 saturated heterocycles. The SMILES string of the molecule is O=c1ccc(-c2ccc(=O)n(-c3ccccc3)c2)c[nH]1. The molecule has 2 heterocycles. The molecule has 0 atom stereocenters. The number of nitrogens with one attached hydrogen (secondary N) is 1. The zero-order valence-electron chi connectivity index (χ0n) is 10.6. The van der Waals surface area contributed by atoms with Crippen LogP contribution in [0, 0.1) is 0 Å². The Kier molecular flexibility index (Phi) is 3.05. The average Bonchev–Trinajstić information content (AvgIpc) is 2.50. The van der Waals surface area contributed by atoms with Gasteiger partial charge in [-0.25, -0.2) is 0 Å². The summed E-state index contributed by atoms with van der Waals surface area (Å²) in [6.45, 7) is 0. The fourth-order valence-electron chi connectivity index (χ4n) is 2.04. The first-order valence-corrected chi connectivity index (χ1v) is 6.21. The molecule has 4 heteroatoms. The molecular formula is C16H12N2O2. The minimum Gasteiger partial charge on any atom is -0.328 e. The lowest BCUT2D eigenvalue weighted by Gasteiger charge is -2.08. The van der Waals surface area contributed by atoms with Crippen LogP contribution in [0.15, 0.2) is 76.6 Å². The smallest absolute Gasteiger partial charge is 0.255 e. The van der Waals surface area contributed by atoms with Gasteiger partial charge in [0.05, 0.1) is 0 Å². The predicted molar refractivity (Wildman–Crippen MR) is 78.1 cm³/mol. The molecule has 0 aliphatic heterocycles. The van der Waals surface area contributed by atoms with E-state index in [9.17, 15) is 9.59 Å². The summed E-state index contributed by atoms with van der Waals surface area (Å²) >= 11 is 0. The van der Waals surface area contributed by atoms with Crippen LogP contribution in [0.4, 0.5) is 0 Å². The van der Waals surface area contributed by atoms with E-state index in [0.29, 0.717) is 0 Å². The van der Waals surface area contributed by atoms with Gasteiger partial charge in [0.15, 0.2) is 0 Å². The van der Waals surface area contributed by atoms with Crippen LogP contribution in [0.3, 0.4) is 0 Å². The number of aromatic amines is 1. The molecule has 98 valence electrons. The minimum absolute atomic E-state index is 0.0932. The molecule has 4 nitrogen and oxygen atoms in total. The van der Waals surface area contributed by atoms with E-state index in [1.54, 1.807) is 29.1 Å². The van der Waals surface area contributed by atoms with Crippen LogP contribution >= 0.6 is 0 Å². The third-order valence-electron chi connectivity index (χ3n) is 3.06. The van der Waals surface area contributed by atoms with Crippen LogP contribution in [-0.4, -0.2) is 9.55 Å². The monoisotopic (exact) mass is 264 g/mol. The van der Waals surface area contributed by atoms with Crippen molar-refractivity contribution in [1.29, 1.82) is 0 Å². The predicted octanol–water partition coefficient (Wildman–Crippen LogP) is 2.19. The van der Waals surface area contributed by atoms with Crippen LogP contribution in [0.5, 0.6) is 0 Å². The highest BCUT2D eigenvalue weighted by Gasteiger charge is 2.03. The number of hydrogen-bond acceptors (Lipinski definition) is 2. The van der Waals surface area contributed by atoms with Crippen molar-refractivity contribution in [2.24, 2.45) is 0 Å². The molecule has 0 saturated carbocycles. The standard InChI is InChI=1S/C16H12N2O2/c19-15-8-6-12(10-17-15)13-7-9-16(20)18(11-13)14-4-2-1-3-5-14/h1-11H,(H,17,19). The Morgan fingerprint density at radius 1 is 0.800 bits per heavy atom. The number of rotatable bonds is 2. The van der Waals surface area contributed by atoms with Gasteiger partial charge in [0, 0.05) is 35.8 Å². The van der Waals surface area contributed by atoms with Gasteiger partial charge in [-0.3, -0.25) is 14.2 Å². The maximum atomic E-state index is 12.0. The number of hydrogen-bond donors (Lipinski definition) is 1. The lowest BCUT2D eigenvalue weighted by Crippen LogP contribution is -2.16. The molecule has 0 aliphatic rings. The lowest BCUT2D eigenvalue weighted by molar-refractivity contribution is 0.992. The number of aromatic nitrogens is 2. The highest BCUT2D eigenvalue weighted by molar-refractivity contribution is 5.61. The summed E-state index contributed by atoms with van der Waals surface area (Å²) in [6, 6.07) is 15.9. The van der Waals surface area contributed by atoms with Crippen LogP contribution in [0.1, 0.15) is 0 Å². The van der Waals surface area contributed by atoms with E-state index in [2.05, 4.69) is 4.98 Å². The molecular weight excluding hydrogens is 252 g/mol. The summed E-state index contributed by atoms with van der Waals surface area (Å²) in [5.74, 6) is 0. The van der Waals surface area contributed by atoms with Crippen molar-refractivity contribution in [3.05, 3.63) is 87.7 Å². The Labute approximate surface area is 115 Å². The van der Waals surface area contributed by atoms with E-state index in [1.807, 2.05) is 30.3 Å². The Hall–Kier alpha value is -2.88. The lowest BCUT2D eigenvalue weighted by atomic mass is 10.1. The van der Waals surface area contributed by atoms with Gasteiger partial charge in [0.2, 0.25) is 5.56 Å². The molecule has 0 unspecified atom stereocenters. The Bertz CT molecular complexity index is 828. The second kappa shape index (κ2) is 5.01. The molecule has 0 amide bonds. The molecule has 0 spiro atoms. The average molecular weight is 264 g/mol. The highest BCUT2D eigenvalue weighted by atomic mass is 16.1. The van der Waals surface area contributed by atoms with Crippen LogP contribution in [0.2, 0.25) is 0 Å². The second-order valence-corrected chi connectivity index (χ2v) is 4.40. The molecule has 20 heavy (non-hydrogen) atoms. The summed E-state index contributed by atoms with van der Waals surface area (Å²) in [5, 5.41) is 0. The normalized spacial score (nSPS) is 10.4. The molecule has 0 aliphatic carbocycles. The molecule has 3 aromatic rings. The van der Waals surface area contributed by atoms with E-state index in [0.717, 1.165) is 16.8 Å². The molecule has 1 aromatic carbocycles. The zero-order chi connectivity index (χ0) is 13.9. The van der Waals surface area contributed by atoms with E-state index in [1.165, 1.54) is 12.1 Å². The van der Waals surface area contributed by atoms with Crippen molar-refractivity contribution in [2.45, 2.75) is 0 Å². The number of benzene rings is 1. The topological polar surface area (TPSA) is 54.9 Å². The first kappa shape index (κ1) is 12.2. The first-order chi connectivity index (χ1) is 9.74. The van der Waals surface area contributed by atoms with Crippen molar-refractivity contribution in [3.63, 3.8) is 0 Å². The van der Waals surface area contributed by atoms with Crippen LogP contribution < -0.4 is 11.1 Å². The van der Waals surface area contributed by atoms with Crippen molar-refractivity contribution in [3.8, 4) is 16.8 Å². The van der Waals surface area contributed by atoms with Gasteiger partial charge in [0.25, 0.3) is 5.56 Å². The second-order valence-electron chi connectivity index (χ2n) is 4.40. The molecule has 2 aromatic heterocycles. The van der Waals surface area contributed by atoms with Crippen LogP contribution in [0.25, 0.3) is 16.8 Å². The molecule has 0 radical (unpaired) electrons. The van der Waals surface area contributed by atoms with Crippen molar-refractivity contribution < 1.29 is 0 Å². The van der Waals surface area contributed by atoms with Gasteiger partial charge in [-0.05, 0) is 29.8 Å². The third-order valence-corrected chi connectivity index (χ3v) is 3.06. The fourth-order valence-corrected chi connectivity index (χ4v) is 2.04. The Morgan fingerprint density at radius 3 is 2.25 bits per heavy atom. The summed E-state index contributed by atoms with van der Waals surface area (Å²) in [7, 11) is 0. The minimum atomic E-state index is -0.148. The number of pyridine rings is 2. The van der Waals surface area contributed by atoms with Crippen molar-refractivity contribution in [2.75, 3.05) is 0 Å². The third kappa shape index (κ3) is 2.31. The summed E-state index contributed by atoms with van der Waals surface area (Å²) in [5.41, 5.74) is 2.29. The zero-order valence-corrected chi connectivity index (χ0v) is 10.6. The fraction of sp³-hybridized carbons (Fsp3) is 0. The van der Waals surface area contributed by atoms with Gasteiger partial charge >= 0.3 is 0 Å². The number of H-pyrrole nitrogens is 1. The van der Waals surface area contributed by atoms with Crippen LogP contribution in [-0.2, 0) is 0 Å². The molecule has 3 rings (SSSR count). The van der Waals surface area contributed by atoms with E-state index in [4.69, 9.17) is 0 Å². The van der Waals surface area contributed by atoms with Gasteiger partial charge in [-0.15, -0.1) is 0 Å². The largest absolute Gasteiger partial charge is 0.328 e. The summed E-state index contributed by atoms with van der Waals surface area (Å²) in [4.78, 5) is 25.7. The molecule has 0 bridgehead atoms. The maximum absolute atomic E-state index is 12.0. The summed E-state index contributed by atoms with van der Waals surface area (Å²) < 4.78 is 1.58. The van der Waals surface area contributed by atoms with E-state index in [-0.39, 0.29) is 11.1 Å². The Balaban J connectivity index is 2.14. The quantitative estimate of drug-likeness (QED) is 0.771. The van der Waals surface area contributed by atoms with E-state index < -0.39 is 0 Å². The number of para-hydroxylation sites is 1. The first-order valence-electron chi connectivity index (χ1n) is 6.21. The Morgan fingerprint density at radius 2 is 1.55 bits per heavy atom. The van der Waals surface area contributed by atoms with E-state index >= 15 is 0 Å². The van der Waals surface area contributed by atoms with Gasteiger partial charge in [-0.2, -0.15) is 0 Å². The molecule has 0 fully saturated rings. The van der Waals surface area contributed by atoms with Gasteiger partial charge in [0.1, 0.15) is 0 Å². The maximum Gasteiger partial charge on any atom is 0.255 e. The van der Waals surface area contributed by atoms with Crippen molar-refractivity contribution >= 4 is 0 Å².